The number of likely N-dealkylation sites (tertiary alicyclic amines) is 1. The Morgan fingerprint density at radius 1 is 1.00 bits per heavy atom. The standard InChI is InChI=1S/C44H74N6O6S/c1-15-20-32(18-4)26-33(43-45-22-25-57-43)46-41(52)31(10)40(56-14)34-21-19-24-50(34)36(51)27-35(55-13)39(30(9)17-3)49(12)44(54)37(28(5)6)47-42(53)38(29(7)8)48(11)23-16-2/h15,18,20,22,25,28-31,33-35,37-40H,1,4,16-17,19,21,23-24,26-27H2,2-3,5-14H3,(H,46,52)(H,47,53)/b32-20+/t30-,31+,33-,34-,35+,37-,38-,39-,40+/m0/s1. The Kier molecular flexibility index (Phi) is 21.4. The molecule has 2 rings (SSSR count). The van der Waals surface area contributed by atoms with Crippen molar-refractivity contribution in [1.82, 2.24) is 30.3 Å². The molecule has 0 saturated carbocycles. The fourth-order valence-electron chi connectivity index (χ4n) is 8.30. The van der Waals surface area contributed by atoms with Gasteiger partial charge < -0.3 is 29.9 Å². The summed E-state index contributed by atoms with van der Waals surface area (Å²) >= 11 is 1.47. The van der Waals surface area contributed by atoms with E-state index in [1.54, 1.807) is 44.5 Å². The average molecular weight is 815 g/mol. The van der Waals surface area contributed by atoms with Crippen LogP contribution in [0.5, 0.6) is 0 Å². The summed E-state index contributed by atoms with van der Waals surface area (Å²) in [5.41, 5.74) is 0.921. The van der Waals surface area contributed by atoms with Crippen molar-refractivity contribution in [1.29, 1.82) is 0 Å². The first-order valence-corrected chi connectivity index (χ1v) is 21.7. The lowest BCUT2D eigenvalue weighted by Crippen LogP contribution is -2.60. The summed E-state index contributed by atoms with van der Waals surface area (Å²) in [5, 5.41) is 8.96. The van der Waals surface area contributed by atoms with E-state index in [1.165, 1.54) is 11.3 Å². The number of methoxy groups -OCH3 is 2. The molecule has 0 aromatic carbocycles. The molecule has 57 heavy (non-hydrogen) atoms. The van der Waals surface area contributed by atoms with Gasteiger partial charge in [0.05, 0.1) is 48.7 Å². The monoisotopic (exact) mass is 815 g/mol. The third-order valence-corrected chi connectivity index (χ3v) is 12.4. The number of allylic oxidation sites excluding steroid dienone is 3. The average Bonchev–Trinajstić information content (AvgIpc) is 3.89. The van der Waals surface area contributed by atoms with Crippen LogP contribution in [0, 0.1) is 23.7 Å². The van der Waals surface area contributed by atoms with Crippen LogP contribution < -0.4 is 10.6 Å². The minimum Gasteiger partial charge on any atom is -0.379 e. The third-order valence-electron chi connectivity index (χ3n) is 11.5. The van der Waals surface area contributed by atoms with E-state index in [2.05, 4.69) is 54.4 Å². The number of nitrogens with zero attached hydrogens (tertiary/aromatic N) is 4. The van der Waals surface area contributed by atoms with Gasteiger partial charge in [0.25, 0.3) is 0 Å². The van der Waals surface area contributed by atoms with Crippen LogP contribution in [0.1, 0.15) is 105 Å². The summed E-state index contributed by atoms with van der Waals surface area (Å²) in [7, 11) is 6.87. The lowest BCUT2D eigenvalue weighted by atomic mass is 9.89. The third kappa shape index (κ3) is 13.6. The van der Waals surface area contributed by atoms with Crippen molar-refractivity contribution in [2.75, 3.05) is 41.4 Å². The number of ether oxygens (including phenoxy) is 2. The highest BCUT2D eigenvalue weighted by Crippen LogP contribution is 2.31. The van der Waals surface area contributed by atoms with Crippen molar-refractivity contribution in [2.24, 2.45) is 23.7 Å². The van der Waals surface area contributed by atoms with E-state index in [4.69, 9.17) is 9.47 Å². The van der Waals surface area contributed by atoms with E-state index in [-0.39, 0.29) is 65.9 Å². The predicted molar refractivity (Wildman–Crippen MR) is 231 cm³/mol. The number of hydrogen-bond acceptors (Lipinski definition) is 9. The molecular weight excluding hydrogens is 741 g/mol. The molecule has 1 aliphatic heterocycles. The van der Waals surface area contributed by atoms with E-state index in [9.17, 15) is 19.2 Å². The molecule has 322 valence electrons. The number of hydrogen-bond donors (Lipinski definition) is 2. The van der Waals surface area contributed by atoms with E-state index in [0.717, 1.165) is 36.4 Å². The Morgan fingerprint density at radius 3 is 2.19 bits per heavy atom. The Morgan fingerprint density at radius 2 is 1.68 bits per heavy atom. The maximum Gasteiger partial charge on any atom is 0.245 e. The number of nitrogens with one attached hydrogen (secondary N) is 2. The molecule has 1 aromatic rings. The maximum absolute atomic E-state index is 14.4. The number of thiazole rings is 1. The minimum atomic E-state index is -0.756. The summed E-state index contributed by atoms with van der Waals surface area (Å²) in [6, 6.07) is -2.27. The zero-order chi connectivity index (χ0) is 43.0. The van der Waals surface area contributed by atoms with E-state index >= 15 is 0 Å². The molecule has 0 unspecified atom stereocenters. The molecule has 2 N–H and O–H groups in total. The van der Waals surface area contributed by atoms with E-state index in [1.807, 2.05) is 58.0 Å². The second kappa shape index (κ2) is 24.5. The SMILES string of the molecule is C=C/C=C(\C=C)C[C@H](NC(=O)[C@H](C)[C@@H](OC)[C@@H]1CCCN1C(=O)C[C@@H](OC)[C@H]([C@@H](C)CC)N(C)C(=O)[C@@H](NC(=O)[C@H](C(C)C)N(C)CCC)C(C)C)c1nccs1. The molecule has 0 spiro atoms. The number of aromatic nitrogens is 1. The van der Waals surface area contributed by atoms with Crippen molar-refractivity contribution in [3.05, 3.63) is 53.5 Å². The van der Waals surface area contributed by atoms with Crippen LogP contribution in [0.4, 0.5) is 0 Å². The van der Waals surface area contributed by atoms with Gasteiger partial charge in [-0.15, -0.1) is 11.3 Å². The van der Waals surface area contributed by atoms with Crippen molar-refractivity contribution < 1.29 is 28.7 Å². The highest BCUT2D eigenvalue weighted by molar-refractivity contribution is 7.09. The Bertz CT molecular complexity index is 1470. The van der Waals surface area contributed by atoms with Gasteiger partial charge in [-0.3, -0.25) is 24.1 Å². The molecule has 2 heterocycles. The summed E-state index contributed by atoms with van der Waals surface area (Å²) < 4.78 is 12.1. The number of likely N-dealkylation sites (N-methyl/N-ethyl adjacent to an activating group) is 2. The van der Waals surface area contributed by atoms with Gasteiger partial charge in [-0.05, 0) is 62.6 Å². The van der Waals surface area contributed by atoms with Gasteiger partial charge in [0.2, 0.25) is 23.6 Å². The molecule has 1 saturated heterocycles. The Balaban J connectivity index is 2.32. The molecule has 0 aliphatic carbocycles. The van der Waals surface area contributed by atoms with Gasteiger partial charge in [-0.2, -0.15) is 0 Å². The number of rotatable bonds is 25. The van der Waals surface area contributed by atoms with Gasteiger partial charge in [-0.1, -0.05) is 93.2 Å². The van der Waals surface area contributed by atoms with Crippen LogP contribution in [0.2, 0.25) is 0 Å². The zero-order valence-electron chi connectivity index (χ0n) is 37.0. The first-order chi connectivity index (χ1) is 27.0. The van der Waals surface area contributed by atoms with Gasteiger partial charge in [0.15, 0.2) is 0 Å². The fraction of sp³-hybridized carbons (Fsp3) is 0.705. The van der Waals surface area contributed by atoms with Crippen LogP contribution in [0.25, 0.3) is 0 Å². The maximum atomic E-state index is 14.4. The van der Waals surface area contributed by atoms with Crippen molar-refractivity contribution in [2.45, 2.75) is 136 Å². The topological polar surface area (TPSA) is 133 Å². The van der Waals surface area contributed by atoms with Crippen LogP contribution in [0.15, 0.2) is 48.5 Å². The summed E-state index contributed by atoms with van der Waals surface area (Å²) in [5.74, 6) is -1.41. The Labute approximate surface area is 347 Å². The minimum absolute atomic E-state index is 0.0159. The first-order valence-electron chi connectivity index (χ1n) is 20.8. The smallest absolute Gasteiger partial charge is 0.245 e. The second-order valence-corrected chi connectivity index (χ2v) is 17.2. The lowest BCUT2D eigenvalue weighted by Gasteiger charge is -2.41. The van der Waals surface area contributed by atoms with Crippen LogP contribution in [0.3, 0.4) is 0 Å². The molecule has 0 radical (unpaired) electrons. The zero-order valence-corrected chi connectivity index (χ0v) is 37.8. The first kappa shape index (κ1) is 49.8. The highest BCUT2D eigenvalue weighted by Gasteiger charge is 2.43. The summed E-state index contributed by atoms with van der Waals surface area (Å²) in [6.45, 7) is 25.0. The molecular formula is C44H74N6O6S. The number of carbonyl (C=O) groups is 4. The summed E-state index contributed by atoms with van der Waals surface area (Å²) in [4.78, 5) is 66.4. The van der Waals surface area contributed by atoms with Gasteiger partial charge >= 0.3 is 0 Å². The van der Waals surface area contributed by atoms with E-state index in [0.29, 0.717) is 19.4 Å². The van der Waals surface area contributed by atoms with Crippen molar-refractivity contribution >= 4 is 35.0 Å². The quantitative estimate of drug-likeness (QED) is 0.108. The van der Waals surface area contributed by atoms with Crippen LogP contribution >= 0.6 is 11.3 Å². The summed E-state index contributed by atoms with van der Waals surface area (Å²) in [6.07, 6.45) is 9.51. The van der Waals surface area contributed by atoms with Crippen LogP contribution in [-0.2, 0) is 28.7 Å². The number of amides is 4. The lowest BCUT2D eigenvalue weighted by molar-refractivity contribution is -0.148. The normalized spacial score (nSPS) is 19.0. The molecule has 1 aromatic heterocycles. The molecule has 9 atom stereocenters. The molecule has 1 aliphatic rings. The largest absolute Gasteiger partial charge is 0.379 e. The molecule has 13 heteroatoms. The Hall–Kier alpha value is -3.39. The number of carbonyl (C=O) groups excluding carboxylic acids is 4. The van der Waals surface area contributed by atoms with Crippen molar-refractivity contribution in [3.63, 3.8) is 0 Å². The molecule has 4 amide bonds. The molecule has 12 nitrogen and oxygen atoms in total. The predicted octanol–water partition coefficient (Wildman–Crippen LogP) is 6.42. The van der Waals surface area contributed by atoms with Gasteiger partial charge in [0.1, 0.15) is 11.0 Å². The van der Waals surface area contributed by atoms with Crippen LogP contribution in [-0.4, -0.2) is 121 Å². The fourth-order valence-corrected chi connectivity index (χ4v) is 8.99. The molecule has 0 bridgehead atoms. The molecule has 1 fully saturated rings. The van der Waals surface area contributed by atoms with Gasteiger partial charge in [0, 0.05) is 39.4 Å². The second-order valence-electron chi connectivity index (χ2n) is 16.3. The van der Waals surface area contributed by atoms with E-state index < -0.39 is 30.2 Å². The van der Waals surface area contributed by atoms with Gasteiger partial charge in [-0.25, -0.2) is 4.98 Å². The highest BCUT2D eigenvalue weighted by atomic mass is 32.1. The van der Waals surface area contributed by atoms with Crippen molar-refractivity contribution in [3.8, 4) is 0 Å².